The van der Waals surface area contributed by atoms with E-state index >= 15 is 0 Å². The molecule has 0 aromatic heterocycles. The minimum atomic E-state index is -3.16. The summed E-state index contributed by atoms with van der Waals surface area (Å²) in [7, 11) is -3.16. The zero-order chi connectivity index (χ0) is 9.19. The quantitative estimate of drug-likeness (QED) is 0.785. The topological polar surface area (TPSA) is 58.5 Å². The van der Waals surface area contributed by atoms with Crippen LogP contribution in [0.2, 0.25) is 0 Å². The van der Waals surface area contributed by atoms with Crippen LogP contribution in [0.4, 0.5) is 0 Å². The Hall–Kier alpha value is -0.240. The first kappa shape index (κ1) is 9.85. The van der Waals surface area contributed by atoms with Gasteiger partial charge in [-0.25, -0.2) is 11.6 Å². The van der Waals surface area contributed by atoms with Crippen molar-refractivity contribution in [1.82, 2.24) is 4.72 Å². The zero-order valence-electron chi connectivity index (χ0n) is 6.70. The Labute approximate surface area is 82.0 Å². The van der Waals surface area contributed by atoms with Crippen molar-refractivity contribution in [3.8, 4) is 0 Å². The van der Waals surface area contributed by atoms with E-state index in [0.29, 0.717) is 5.70 Å². The van der Waals surface area contributed by atoms with Gasteiger partial charge in [-0.15, -0.1) is 0 Å². The highest BCUT2D eigenvalue weighted by Crippen LogP contribution is 2.22. The predicted molar refractivity (Wildman–Crippen MR) is 56.3 cm³/mol. The highest BCUT2D eigenvalue weighted by atomic mass is 127. The van der Waals surface area contributed by atoms with Gasteiger partial charge in [-0.2, -0.15) is 0 Å². The average Bonchev–Trinajstić information content (AvgIpc) is 1.82. The number of hydrogen-bond acceptors (Lipinski definition) is 3. The Morgan fingerprint density at radius 1 is 1.58 bits per heavy atom. The van der Waals surface area contributed by atoms with E-state index in [0.717, 1.165) is 9.84 Å². The fourth-order valence-corrected chi connectivity index (χ4v) is 2.59. The minimum absolute atomic E-state index is 0.243. The highest BCUT2D eigenvalue weighted by molar-refractivity contribution is 14.2. The molecular formula is C6H9IN2O2S. The maximum atomic E-state index is 10.8. The molecule has 0 unspecified atom stereocenters. The molecule has 1 N–H and O–H groups in total. The van der Waals surface area contributed by atoms with E-state index in [1.54, 1.807) is 6.20 Å². The lowest BCUT2D eigenvalue weighted by Crippen LogP contribution is -2.20. The van der Waals surface area contributed by atoms with Gasteiger partial charge in [0.1, 0.15) is 0 Å². The van der Waals surface area contributed by atoms with Gasteiger partial charge in [0.15, 0.2) is 0 Å². The molecule has 0 amide bonds. The summed E-state index contributed by atoms with van der Waals surface area (Å²) in [5, 5.41) is 0. The molecule has 0 aromatic rings. The molecule has 1 aliphatic rings. The van der Waals surface area contributed by atoms with Gasteiger partial charge in [0.25, 0.3) is 0 Å². The third kappa shape index (κ3) is 3.44. The standard InChI is InChI=1S/C6H9IN2O2S/c1-5-3-6(4-8-7-5)9-12(2,10)11/h3-4,9H,1-2H3. The van der Waals surface area contributed by atoms with E-state index in [2.05, 4.69) is 7.87 Å². The van der Waals surface area contributed by atoms with Crippen LogP contribution >= 0.6 is 21.0 Å². The van der Waals surface area contributed by atoms with Crippen molar-refractivity contribution in [3.05, 3.63) is 21.6 Å². The molecule has 0 radical (unpaired) electrons. The second-order valence-corrected chi connectivity index (χ2v) is 6.86. The molecule has 0 aromatic carbocycles. The zero-order valence-corrected chi connectivity index (χ0v) is 9.68. The number of rotatable bonds is 2. The van der Waals surface area contributed by atoms with Gasteiger partial charge in [-0.05, 0) is 13.0 Å². The fraction of sp³-hybridized carbons (Fsp3) is 0.333. The van der Waals surface area contributed by atoms with Crippen LogP contribution in [0.3, 0.4) is 0 Å². The van der Waals surface area contributed by atoms with Gasteiger partial charge in [-0.3, -0.25) is 4.72 Å². The van der Waals surface area contributed by atoms with E-state index in [9.17, 15) is 8.42 Å². The van der Waals surface area contributed by atoms with Crippen molar-refractivity contribution < 1.29 is 8.42 Å². The van der Waals surface area contributed by atoms with Gasteiger partial charge < -0.3 is 0 Å². The predicted octanol–water partition coefficient (Wildman–Crippen LogP) is 1.45. The van der Waals surface area contributed by atoms with Gasteiger partial charge in [-0.1, -0.05) is 0 Å². The summed E-state index contributed by atoms with van der Waals surface area (Å²) >= 11 is -0.243. The third-order valence-electron chi connectivity index (χ3n) is 1.03. The van der Waals surface area contributed by atoms with Crippen LogP contribution in [-0.2, 0) is 10.0 Å². The molecule has 1 rings (SSSR count). The summed E-state index contributed by atoms with van der Waals surface area (Å²) in [5.41, 5.74) is 0.556. The van der Waals surface area contributed by atoms with Gasteiger partial charge >= 0.3 is 0 Å². The van der Waals surface area contributed by atoms with Crippen molar-refractivity contribution >= 4 is 31.1 Å². The van der Waals surface area contributed by atoms with Crippen LogP contribution in [-0.4, -0.2) is 14.7 Å². The van der Waals surface area contributed by atoms with Crippen molar-refractivity contribution in [2.24, 2.45) is 3.15 Å². The van der Waals surface area contributed by atoms with Crippen molar-refractivity contribution in [1.29, 1.82) is 0 Å². The van der Waals surface area contributed by atoms with Crippen LogP contribution in [0.5, 0.6) is 0 Å². The summed E-state index contributed by atoms with van der Waals surface area (Å²) < 4.78 is 29.2. The number of hydrogen-bond donors (Lipinski definition) is 1. The van der Waals surface area contributed by atoms with Crippen molar-refractivity contribution in [2.45, 2.75) is 6.92 Å². The Morgan fingerprint density at radius 2 is 2.25 bits per heavy atom. The lowest BCUT2D eigenvalue weighted by atomic mass is 10.4. The van der Waals surface area contributed by atoms with Crippen LogP contribution in [0.1, 0.15) is 6.92 Å². The maximum Gasteiger partial charge on any atom is 0.229 e. The number of nitrogens with one attached hydrogen (secondary N) is 1. The molecule has 0 saturated heterocycles. The molecule has 0 bridgehead atoms. The van der Waals surface area contributed by atoms with Crippen LogP contribution in [0.25, 0.3) is 0 Å². The molecule has 0 fully saturated rings. The molecule has 68 valence electrons. The maximum absolute atomic E-state index is 10.8. The van der Waals surface area contributed by atoms with Crippen LogP contribution < -0.4 is 4.72 Å². The van der Waals surface area contributed by atoms with E-state index in [1.807, 2.05) is 13.0 Å². The second-order valence-electron chi connectivity index (χ2n) is 2.37. The Balaban J connectivity index is 2.81. The molecule has 0 aliphatic carbocycles. The number of halogens is 1. The smallest absolute Gasteiger partial charge is 0.229 e. The number of nitrogens with zero attached hydrogens (tertiary/aromatic N) is 1. The van der Waals surface area contributed by atoms with Crippen molar-refractivity contribution in [3.63, 3.8) is 0 Å². The fourth-order valence-electron chi connectivity index (χ4n) is 0.700. The van der Waals surface area contributed by atoms with Gasteiger partial charge in [0, 0.05) is 24.6 Å². The summed E-state index contributed by atoms with van der Waals surface area (Å²) in [6.07, 6.45) is 4.52. The first-order valence-electron chi connectivity index (χ1n) is 3.18. The Morgan fingerprint density at radius 3 is 2.75 bits per heavy atom. The van der Waals surface area contributed by atoms with E-state index in [4.69, 9.17) is 0 Å². The highest BCUT2D eigenvalue weighted by Gasteiger charge is 2.04. The monoisotopic (exact) mass is 300 g/mol. The lowest BCUT2D eigenvalue weighted by molar-refractivity contribution is 0.595. The third-order valence-corrected chi connectivity index (χ3v) is 3.26. The first-order chi connectivity index (χ1) is 5.47. The molecule has 0 spiro atoms. The Bertz CT molecular complexity index is 367. The second kappa shape index (κ2) is 3.65. The largest absolute Gasteiger partial charge is 0.282 e. The molecule has 0 saturated carbocycles. The van der Waals surface area contributed by atoms with Crippen molar-refractivity contribution in [2.75, 3.05) is 6.26 Å². The first-order valence-corrected chi connectivity index (χ1v) is 7.11. The molecular weight excluding hydrogens is 291 g/mol. The molecule has 12 heavy (non-hydrogen) atoms. The summed E-state index contributed by atoms with van der Waals surface area (Å²) in [6.45, 7) is 1.95. The average molecular weight is 300 g/mol. The summed E-state index contributed by atoms with van der Waals surface area (Å²) in [5.74, 6) is 0. The Kier molecular flexibility index (Phi) is 2.99. The van der Waals surface area contributed by atoms with Gasteiger partial charge in [0.2, 0.25) is 10.0 Å². The van der Waals surface area contributed by atoms with Crippen LogP contribution in [0, 0.1) is 0 Å². The summed E-state index contributed by atoms with van der Waals surface area (Å²) in [6, 6.07) is 0. The van der Waals surface area contributed by atoms with Crippen LogP contribution in [0.15, 0.2) is 24.7 Å². The lowest BCUT2D eigenvalue weighted by Gasteiger charge is -2.05. The van der Waals surface area contributed by atoms with E-state index < -0.39 is 10.0 Å². The van der Waals surface area contributed by atoms with Gasteiger partial charge in [0.05, 0.1) is 18.2 Å². The SMILES string of the molecule is CC1=CC(NS(C)(=O)=O)=CN=I1. The minimum Gasteiger partial charge on any atom is -0.282 e. The molecule has 4 nitrogen and oxygen atoms in total. The number of allylic oxidation sites excluding steroid dienone is 2. The molecule has 6 heteroatoms. The van der Waals surface area contributed by atoms with E-state index in [1.165, 1.54) is 0 Å². The van der Waals surface area contributed by atoms with E-state index in [-0.39, 0.29) is 21.0 Å². The summed E-state index contributed by atoms with van der Waals surface area (Å²) in [4.78, 5) is 0. The number of sulfonamides is 1. The molecule has 1 heterocycles. The molecule has 1 aliphatic heterocycles. The normalized spacial score (nSPS) is 17.5. The molecule has 0 atom stereocenters.